The quantitative estimate of drug-likeness (QED) is 0.460. The van der Waals surface area contributed by atoms with E-state index in [9.17, 15) is 19.2 Å². The molecule has 1 heterocycles. The smallest absolute Gasteiger partial charge is 0.308 e. The number of anilines is 1. The van der Waals surface area contributed by atoms with Crippen molar-refractivity contribution in [2.45, 2.75) is 13.8 Å². The minimum atomic E-state index is -0.525. The van der Waals surface area contributed by atoms with Gasteiger partial charge in [-0.1, -0.05) is 24.3 Å². The molecule has 0 saturated carbocycles. The van der Waals surface area contributed by atoms with E-state index in [2.05, 4.69) is 5.32 Å². The van der Waals surface area contributed by atoms with Gasteiger partial charge in [-0.15, -0.1) is 0 Å². The third-order valence-electron chi connectivity index (χ3n) is 3.92. The average Bonchev–Trinajstić information content (AvgIpc) is 2.90. The van der Waals surface area contributed by atoms with Crippen molar-refractivity contribution in [3.05, 3.63) is 64.6 Å². The Bertz CT molecular complexity index is 1010. The summed E-state index contributed by atoms with van der Waals surface area (Å²) in [5.41, 5.74) is 2.25. The fourth-order valence-corrected chi connectivity index (χ4v) is 3.49. The normalized spacial score (nSPS) is 15.0. The van der Waals surface area contributed by atoms with Gasteiger partial charge in [0.15, 0.2) is 0 Å². The lowest BCUT2D eigenvalue weighted by Gasteiger charge is -2.12. The number of aryl methyl sites for hydroxylation is 1. The lowest BCUT2D eigenvalue weighted by atomic mass is 10.2. The van der Waals surface area contributed by atoms with E-state index in [4.69, 9.17) is 4.74 Å². The maximum absolute atomic E-state index is 12.5. The molecule has 2 aromatic carbocycles. The van der Waals surface area contributed by atoms with Crippen LogP contribution in [0.5, 0.6) is 5.75 Å². The first-order chi connectivity index (χ1) is 13.8. The van der Waals surface area contributed by atoms with Crippen molar-refractivity contribution in [3.63, 3.8) is 0 Å². The lowest BCUT2D eigenvalue weighted by molar-refractivity contribution is -0.131. The summed E-state index contributed by atoms with van der Waals surface area (Å²) in [4.78, 5) is 49.1. The highest BCUT2D eigenvalue weighted by Crippen LogP contribution is 2.32. The van der Waals surface area contributed by atoms with Crippen molar-refractivity contribution < 1.29 is 23.9 Å². The maximum Gasteiger partial charge on any atom is 0.308 e. The first kappa shape index (κ1) is 20.3. The minimum absolute atomic E-state index is 0.221. The van der Waals surface area contributed by atoms with Crippen LogP contribution in [-0.4, -0.2) is 34.5 Å². The standard InChI is InChI=1S/C21H18N2O5S/c1-13-4-3-5-16(10-13)22-19(25)12-23-20(26)18(29-21(23)27)11-15-6-8-17(9-7-15)28-14(2)24/h3-11H,12H2,1-2H3,(H,22,25)/b18-11+. The summed E-state index contributed by atoms with van der Waals surface area (Å²) in [6.07, 6.45) is 1.56. The number of esters is 1. The van der Waals surface area contributed by atoms with E-state index < -0.39 is 23.0 Å². The molecular weight excluding hydrogens is 392 g/mol. The molecule has 148 valence electrons. The number of benzene rings is 2. The van der Waals surface area contributed by atoms with Crippen LogP contribution >= 0.6 is 11.8 Å². The van der Waals surface area contributed by atoms with E-state index in [0.29, 0.717) is 17.0 Å². The zero-order valence-corrected chi connectivity index (χ0v) is 16.6. The summed E-state index contributed by atoms with van der Waals surface area (Å²) in [5, 5.41) is 2.18. The number of amides is 3. The molecule has 1 saturated heterocycles. The van der Waals surface area contributed by atoms with Crippen LogP contribution in [0.4, 0.5) is 10.5 Å². The van der Waals surface area contributed by atoms with E-state index in [1.165, 1.54) is 6.92 Å². The van der Waals surface area contributed by atoms with Gasteiger partial charge in [-0.3, -0.25) is 24.1 Å². The van der Waals surface area contributed by atoms with Crippen molar-refractivity contribution in [3.8, 4) is 5.75 Å². The molecule has 7 nitrogen and oxygen atoms in total. The Hall–Kier alpha value is -3.39. The van der Waals surface area contributed by atoms with Crippen LogP contribution in [0.3, 0.4) is 0 Å². The fraction of sp³-hybridized carbons (Fsp3) is 0.143. The predicted molar refractivity (Wildman–Crippen MR) is 110 cm³/mol. The molecule has 1 aliphatic heterocycles. The highest BCUT2D eigenvalue weighted by molar-refractivity contribution is 8.18. The maximum atomic E-state index is 12.5. The number of ether oxygens (including phenoxy) is 1. The van der Waals surface area contributed by atoms with E-state index >= 15 is 0 Å². The summed E-state index contributed by atoms with van der Waals surface area (Å²) in [7, 11) is 0. The van der Waals surface area contributed by atoms with E-state index in [-0.39, 0.29) is 11.4 Å². The molecule has 3 rings (SSSR count). The molecule has 0 unspecified atom stereocenters. The fourth-order valence-electron chi connectivity index (χ4n) is 2.65. The number of nitrogens with zero attached hydrogens (tertiary/aromatic N) is 1. The van der Waals surface area contributed by atoms with Gasteiger partial charge < -0.3 is 10.1 Å². The second kappa shape index (κ2) is 8.74. The molecule has 1 fully saturated rings. The molecule has 8 heteroatoms. The molecule has 0 atom stereocenters. The SMILES string of the molecule is CC(=O)Oc1ccc(/C=C2/SC(=O)N(CC(=O)Nc3cccc(C)c3)C2=O)cc1. The summed E-state index contributed by atoms with van der Waals surface area (Å²) < 4.78 is 4.96. The van der Waals surface area contributed by atoms with Gasteiger partial charge in [0.1, 0.15) is 12.3 Å². The number of carbonyl (C=O) groups is 4. The Labute approximate surface area is 171 Å². The summed E-state index contributed by atoms with van der Waals surface area (Å²) in [5.74, 6) is -1.02. The number of nitrogens with one attached hydrogen (secondary N) is 1. The number of rotatable bonds is 5. The second-order valence-electron chi connectivity index (χ2n) is 6.35. The Kier molecular flexibility index (Phi) is 6.13. The molecule has 0 bridgehead atoms. The first-order valence-electron chi connectivity index (χ1n) is 8.72. The molecular formula is C21H18N2O5S. The summed E-state index contributed by atoms with van der Waals surface area (Å²) >= 11 is 0.775. The largest absolute Gasteiger partial charge is 0.427 e. The number of hydrogen-bond donors (Lipinski definition) is 1. The average molecular weight is 410 g/mol. The van der Waals surface area contributed by atoms with Crippen LogP contribution in [0.2, 0.25) is 0 Å². The van der Waals surface area contributed by atoms with E-state index in [0.717, 1.165) is 22.2 Å². The van der Waals surface area contributed by atoms with Crippen molar-refractivity contribution in [2.24, 2.45) is 0 Å². The second-order valence-corrected chi connectivity index (χ2v) is 7.34. The predicted octanol–water partition coefficient (Wildman–Crippen LogP) is 3.60. The summed E-state index contributed by atoms with van der Waals surface area (Å²) in [6, 6.07) is 13.7. The van der Waals surface area contributed by atoms with E-state index in [1.54, 1.807) is 48.5 Å². The molecule has 0 radical (unpaired) electrons. The topological polar surface area (TPSA) is 92.8 Å². The third-order valence-corrected chi connectivity index (χ3v) is 4.82. The monoisotopic (exact) mass is 410 g/mol. The van der Waals surface area contributed by atoms with Gasteiger partial charge in [-0.25, -0.2) is 0 Å². The van der Waals surface area contributed by atoms with Gasteiger partial charge in [-0.2, -0.15) is 0 Å². The molecule has 0 aliphatic carbocycles. The highest BCUT2D eigenvalue weighted by atomic mass is 32.2. The zero-order chi connectivity index (χ0) is 21.0. The third kappa shape index (κ3) is 5.32. The molecule has 2 aromatic rings. The van der Waals surface area contributed by atoms with Gasteiger partial charge in [0, 0.05) is 12.6 Å². The number of carbonyl (C=O) groups excluding carboxylic acids is 4. The van der Waals surface area contributed by atoms with Crippen molar-refractivity contribution in [2.75, 3.05) is 11.9 Å². The molecule has 1 aliphatic rings. The first-order valence-corrected chi connectivity index (χ1v) is 9.54. The Morgan fingerprint density at radius 3 is 2.52 bits per heavy atom. The minimum Gasteiger partial charge on any atom is -0.427 e. The lowest BCUT2D eigenvalue weighted by Crippen LogP contribution is -2.36. The van der Waals surface area contributed by atoms with Crippen LogP contribution in [0.15, 0.2) is 53.4 Å². The Balaban J connectivity index is 1.66. The van der Waals surface area contributed by atoms with Crippen molar-refractivity contribution in [1.82, 2.24) is 4.90 Å². The van der Waals surface area contributed by atoms with Gasteiger partial charge in [-0.05, 0) is 60.2 Å². The highest BCUT2D eigenvalue weighted by Gasteiger charge is 2.36. The van der Waals surface area contributed by atoms with Gasteiger partial charge in [0.2, 0.25) is 5.91 Å². The zero-order valence-electron chi connectivity index (χ0n) is 15.8. The molecule has 1 N–H and O–H groups in total. The van der Waals surface area contributed by atoms with Gasteiger partial charge in [0.25, 0.3) is 11.1 Å². The van der Waals surface area contributed by atoms with Crippen LogP contribution in [0, 0.1) is 6.92 Å². The molecule has 29 heavy (non-hydrogen) atoms. The number of thioether (sulfide) groups is 1. The van der Waals surface area contributed by atoms with E-state index in [1.807, 2.05) is 13.0 Å². The molecule has 0 spiro atoms. The van der Waals surface area contributed by atoms with Crippen molar-refractivity contribution in [1.29, 1.82) is 0 Å². The molecule has 3 amide bonds. The van der Waals surface area contributed by atoms with Crippen LogP contribution < -0.4 is 10.1 Å². The van der Waals surface area contributed by atoms with Crippen LogP contribution in [0.1, 0.15) is 18.1 Å². The summed E-state index contributed by atoms with van der Waals surface area (Å²) in [6.45, 7) is 2.84. The number of hydrogen-bond acceptors (Lipinski definition) is 6. The Morgan fingerprint density at radius 2 is 1.86 bits per heavy atom. The Morgan fingerprint density at radius 1 is 1.14 bits per heavy atom. The van der Waals surface area contributed by atoms with Crippen molar-refractivity contribution >= 4 is 46.5 Å². The molecule has 0 aromatic heterocycles. The van der Waals surface area contributed by atoms with Crippen LogP contribution in [0.25, 0.3) is 6.08 Å². The van der Waals surface area contributed by atoms with Crippen LogP contribution in [-0.2, 0) is 14.4 Å². The number of imide groups is 1. The van der Waals surface area contributed by atoms with Gasteiger partial charge in [0.05, 0.1) is 4.91 Å². The van der Waals surface area contributed by atoms with Gasteiger partial charge >= 0.3 is 5.97 Å².